The maximum absolute atomic E-state index is 4.10. The number of rotatable bonds is 4. The van der Waals surface area contributed by atoms with Gasteiger partial charge in [0.05, 0.1) is 0 Å². The lowest BCUT2D eigenvalue weighted by molar-refractivity contribution is 0.895. The third-order valence-electron chi connectivity index (χ3n) is 4.89. The standard InChI is InChI=1S/C22H20/c1-2-18-19-11-5-6-12-20(19)21-13-7-10-17(22(18)21)15-14-16-8-3-4-9-16/h2-8,10-13,18H,1,9,14-15H2. The van der Waals surface area contributed by atoms with E-state index in [0.717, 1.165) is 19.3 Å². The van der Waals surface area contributed by atoms with E-state index in [9.17, 15) is 0 Å². The molecular weight excluding hydrogens is 264 g/mol. The molecule has 1 unspecified atom stereocenters. The van der Waals surface area contributed by atoms with Gasteiger partial charge in [0.15, 0.2) is 0 Å². The summed E-state index contributed by atoms with van der Waals surface area (Å²) in [5.41, 5.74) is 8.68. The average Bonchev–Trinajstić information content (AvgIpc) is 3.19. The molecule has 1 atom stereocenters. The fraction of sp³-hybridized carbons (Fsp3) is 0.182. The van der Waals surface area contributed by atoms with E-state index >= 15 is 0 Å². The fourth-order valence-electron chi connectivity index (χ4n) is 3.82. The minimum absolute atomic E-state index is 0.345. The second-order valence-corrected chi connectivity index (χ2v) is 6.14. The van der Waals surface area contributed by atoms with Crippen molar-refractivity contribution in [1.82, 2.24) is 0 Å². The van der Waals surface area contributed by atoms with E-state index in [1.807, 2.05) is 0 Å². The van der Waals surface area contributed by atoms with Gasteiger partial charge < -0.3 is 0 Å². The number of hydrogen-bond donors (Lipinski definition) is 0. The quantitative estimate of drug-likeness (QED) is 0.622. The topological polar surface area (TPSA) is 0 Å². The third kappa shape index (κ3) is 2.07. The van der Waals surface area contributed by atoms with Crippen LogP contribution in [-0.4, -0.2) is 0 Å². The number of hydrogen-bond acceptors (Lipinski definition) is 0. The van der Waals surface area contributed by atoms with Crippen molar-refractivity contribution in [2.75, 3.05) is 0 Å². The summed E-state index contributed by atoms with van der Waals surface area (Å²) in [5.74, 6) is 0.345. The summed E-state index contributed by atoms with van der Waals surface area (Å²) in [6, 6.07) is 15.5. The van der Waals surface area contributed by atoms with E-state index in [-0.39, 0.29) is 0 Å². The van der Waals surface area contributed by atoms with Crippen LogP contribution in [0, 0.1) is 0 Å². The van der Waals surface area contributed by atoms with E-state index in [2.05, 4.69) is 73.3 Å². The van der Waals surface area contributed by atoms with Crippen LogP contribution in [-0.2, 0) is 6.42 Å². The summed E-state index contributed by atoms with van der Waals surface area (Å²) in [6.07, 6.45) is 12.2. The van der Waals surface area contributed by atoms with Gasteiger partial charge in [0.2, 0.25) is 0 Å². The lowest BCUT2D eigenvalue weighted by Crippen LogP contribution is -1.99. The summed E-state index contributed by atoms with van der Waals surface area (Å²) < 4.78 is 0. The Morgan fingerprint density at radius 3 is 2.68 bits per heavy atom. The van der Waals surface area contributed by atoms with Crippen LogP contribution in [0.3, 0.4) is 0 Å². The molecule has 0 bridgehead atoms. The molecule has 108 valence electrons. The molecule has 0 N–H and O–H groups in total. The minimum Gasteiger partial charge on any atom is -0.102 e. The Balaban J connectivity index is 1.73. The zero-order valence-electron chi connectivity index (χ0n) is 12.8. The second-order valence-electron chi connectivity index (χ2n) is 6.14. The Kier molecular flexibility index (Phi) is 3.31. The monoisotopic (exact) mass is 284 g/mol. The summed E-state index contributed by atoms with van der Waals surface area (Å²) >= 11 is 0. The first-order valence-electron chi connectivity index (χ1n) is 8.06. The van der Waals surface area contributed by atoms with E-state index in [4.69, 9.17) is 0 Å². The zero-order valence-corrected chi connectivity index (χ0v) is 12.8. The number of fused-ring (bicyclic) bond motifs is 3. The molecule has 0 amide bonds. The largest absolute Gasteiger partial charge is 0.102 e. The van der Waals surface area contributed by atoms with Gasteiger partial charge in [-0.3, -0.25) is 0 Å². The molecular formula is C22H20. The summed E-state index contributed by atoms with van der Waals surface area (Å²) in [7, 11) is 0. The van der Waals surface area contributed by atoms with Crippen LogP contribution in [0.5, 0.6) is 0 Å². The highest BCUT2D eigenvalue weighted by Gasteiger charge is 2.28. The average molecular weight is 284 g/mol. The highest BCUT2D eigenvalue weighted by atomic mass is 14.3. The SMILES string of the molecule is C=CC1c2ccccc2-c2cccc(CCC3=CC=CC3)c21. The summed E-state index contributed by atoms with van der Waals surface area (Å²) in [6.45, 7) is 4.10. The Morgan fingerprint density at radius 1 is 1.00 bits per heavy atom. The van der Waals surface area contributed by atoms with E-state index in [1.54, 1.807) is 5.57 Å². The molecule has 22 heavy (non-hydrogen) atoms. The lowest BCUT2D eigenvalue weighted by atomic mass is 9.90. The normalized spacial score (nSPS) is 18.0. The Morgan fingerprint density at radius 2 is 1.86 bits per heavy atom. The van der Waals surface area contributed by atoms with Crippen LogP contribution in [0.15, 0.2) is 78.9 Å². The van der Waals surface area contributed by atoms with Crippen molar-refractivity contribution >= 4 is 0 Å². The maximum Gasteiger partial charge on any atom is 0.0282 e. The van der Waals surface area contributed by atoms with Crippen molar-refractivity contribution in [1.29, 1.82) is 0 Å². The second kappa shape index (κ2) is 5.46. The Bertz CT molecular complexity index is 789. The lowest BCUT2D eigenvalue weighted by Gasteiger charge is -2.14. The van der Waals surface area contributed by atoms with Gasteiger partial charge in [0.25, 0.3) is 0 Å². The van der Waals surface area contributed by atoms with Crippen LogP contribution in [0.1, 0.15) is 35.4 Å². The molecule has 0 saturated carbocycles. The molecule has 0 aliphatic heterocycles. The van der Waals surface area contributed by atoms with Crippen LogP contribution in [0.4, 0.5) is 0 Å². The van der Waals surface area contributed by atoms with E-state index in [1.165, 1.54) is 27.8 Å². The number of benzene rings is 2. The molecule has 2 aliphatic carbocycles. The molecule has 0 nitrogen and oxygen atoms in total. The molecule has 0 heteroatoms. The predicted octanol–water partition coefficient (Wildman–Crippen LogP) is 5.80. The molecule has 2 aromatic rings. The number of allylic oxidation sites excluding steroid dienone is 5. The van der Waals surface area contributed by atoms with Crippen molar-refractivity contribution in [3.05, 3.63) is 95.6 Å². The van der Waals surface area contributed by atoms with Gasteiger partial charge in [-0.15, -0.1) is 6.58 Å². The summed E-state index contributed by atoms with van der Waals surface area (Å²) in [5, 5.41) is 0. The first-order chi connectivity index (χ1) is 10.9. The fourth-order valence-corrected chi connectivity index (χ4v) is 3.82. The van der Waals surface area contributed by atoms with Crippen LogP contribution in [0.2, 0.25) is 0 Å². The maximum atomic E-state index is 4.10. The molecule has 2 aromatic carbocycles. The van der Waals surface area contributed by atoms with Crippen molar-refractivity contribution in [3.8, 4) is 11.1 Å². The van der Waals surface area contributed by atoms with Crippen LogP contribution >= 0.6 is 0 Å². The first-order valence-corrected chi connectivity index (χ1v) is 8.06. The Hall–Kier alpha value is -2.34. The van der Waals surface area contributed by atoms with Crippen molar-refractivity contribution < 1.29 is 0 Å². The molecule has 2 aliphatic rings. The molecule has 0 spiro atoms. The molecule has 0 heterocycles. The van der Waals surface area contributed by atoms with Crippen LogP contribution < -0.4 is 0 Å². The summed E-state index contributed by atoms with van der Waals surface area (Å²) in [4.78, 5) is 0. The van der Waals surface area contributed by atoms with E-state index in [0.29, 0.717) is 5.92 Å². The van der Waals surface area contributed by atoms with Gasteiger partial charge in [0, 0.05) is 5.92 Å². The molecule has 0 aromatic heterocycles. The van der Waals surface area contributed by atoms with Crippen molar-refractivity contribution in [2.45, 2.75) is 25.2 Å². The third-order valence-corrected chi connectivity index (χ3v) is 4.89. The van der Waals surface area contributed by atoms with Crippen LogP contribution in [0.25, 0.3) is 11.1 Å². The molecule has 0 radical (unpaired) electrons. The van der Waals surface area contributed by atoms with Gasteiger partial charge in [-0.2, -0.15) is 0 Å². The van der Waals surface area contributed by atoms with Gasteiger partial charge in [-0.25, -0.2) is 0 Å². The Labute approximate surface area is 132 Å². The van der Waals surface area contributed by atoms with Crippen molar-refractivity contribution in [2.24, 2.45) is 0 Å². The molecule has 4 rings (SSSR count). The highest BCUT2D eigenvalue weighted by molar-refractivity contribution is 5.81. The van der Waals surface area contributed by atoms with Gasteiger partial charge in [0.1, 0.15) is 0 Å². The van der Waals surface area contributed by atoms with Gasteiger partial charge >= 0.3 is 0 Å². The van der Waals surface area contributed by atoms with Crippen molar-refractivity contribution in [3.63, 3.8) is 0 Å². The van der Waals surface area contributed by atoms with E-state index < -0.39 is 0 Å². The van der Waals surface area contributed by atoms with Gasteiger partial charge in [-0.1, -0.05) is 72.3 Å². The highest BCUT2D eigenvalue weighted by Crippen LogP contribution is 2.47. The molecule has 0 saturated heterocycles. The molecule has 0 fully saturated rings. The zero-order chi connectivity index (χ0) is 14.9. The minimum atomic E-state index is 0.345. The number of aryl methyl sites for hydroxylation is 1. The first kappa shape index (κ1) is 13.3. The predicted molar refractivity (Wildman–Crippen MR) is 94.1 cm³/mol. The smallest absolute Gasteiger partial charge is 0.0282 e. The van der Waals surface area contributed by atoms with Gasteiger partial charge in [-0.05, 0) is 47.1 Å².